The summed E-state index contributed by atoms with van der Waals surface area (Å²) in [4.78, 5) is 47.4. The highest BCUT2D eigenvalue weighted by Crippen LogP contribution is 1.97. The average Bonchev–Trinajstić information content (AvgIpc) is 2.26. The number of amides is 2. The minimum absolute atomic E-state index is 0.235. The molecule has 8 nitrogen and oxygen atoms in total. The smallest absolute Gasteiger partial charge is 0.326 e. The fraction of sp³-hybridized carbons (Fsp3) is 0.273. The van der Waals surface area contributed by atoms with E-state index in [0.29, 0.717) is 5.69 Å². The zero-order valence-corrected chi connectivity index (χ0v) is 10.1. The molecule has 2 amide bonds. The molecule has 0 radical (unpaired) electrons. The molecule has 1 aromatic rings. The molecule has 1 atom stereocenters. The van der Waals surface area contributed by atoms with Gasteiger partial charge in [0.15, 0.2) is 5.43 Å². The van der Waals surface area contributed by atoms with E-state index in [1.54, 1.807) is 6.92 Å². The standard InChI is InChI=1S/C11H13N3O5/c1-5-2-8(15)6(4-13-5)10(17)14-7(11(18)19)3-9(12)16/h2,4,7H,3H2,1H3,(H2,12,16)(H,13,15)(H,14,17)(H,18,19)/t7-/m1/s1. The van der Waals surface area contributed by atoms with Gasteiger partial charge in [0.2, 0.25) is 5.91 Å². The summed E-state index contributed by atoms with van der Waals surface area (Å²) in [6, 6.07) is -0.260. The number of carboxylic acid groups (broad SMARTS) is 1. The van der Waals surface area contributed by atoms with E-state index < -0.39 is 35.7 Å². The highest BCUT2D eigenvalue weighted by Gasteiger charge is 2.23. The molecule has 102 valence electrons. The molecule has 0 fully saturated rings. The van der Waals surface area contributed by atoms with Crippen LogP contribution in [-0.2, 0) is 9.59 Å². The van der Waals surface area contributed by atoms with Gasteiger partial charge in [0.05, 0.1) is 6.42 Å². The van der Waals surface area contributed by atoms with Crippen molar-refractivity contribution >= 4 is 17.8 Å². The number of carbonyl (C=O) groups excluding carboxylic acids is 2. The summed E-state index contributed by atoms with van der Waals surface area (Å²) >= 11 is 0. The van der Waals surface area contributed by atoms with Crippen LogP contribution in [0.25, 0.3) is 0 Å². The van der Waals surface area contributed by atoms with Crippen molar-refractivity contribution in [3.8, 4) is 0 Å². The minimum atomic E-state index is -1.47. The van der Waals surface area contributed by atoms with Crippen molar-refractivity contribution in [3.63, 3.8) is 0 Å². The van der Waals surface area contributed by atoms with Crippen LogP contribution in [0.5, 0.6) is 0 Å². The number of aryl methyl sites for hydroxylation is 1. The molecule has 0 unspecified atom stereocenters. The number of pyridine rings is 1. The highest BCUT2D eigenvalue weighted by atomic mass is 16.4. The molecule has 0 aliphatic carbocycles. The third-order valence-electron chi connectivity index (χ3n) is 2.31. The number of aliphatic carboxylic acids is 1. The van der Waals surface area contributed by atoms with Crippen LogP contribution in [0.15, 0.2) is 17.1 Å². The Kier molecular flexibility index (Phi) is 4.41. The number of nitrogens with one attached hydrogen (secondary N) is 2. The molecule has 5 N–H and O–H groups in total. The van der Waals surface area contributed by atoms with Crippen LogP contribution in [-0.4, -0.2) is 33.9 Å². The lowest BCUT2D eigenvalue weighted by molar-refractivity contribution is -0.140. The Balaban J connectivity index is 2.91. The third kappa shape index (κ3) is 3.95. The third-order valence-corrected chi connectivity index (χ3v) is 2.31. The maximum absolute atomic E-state index is 11.7. The van der Waals surface area contributed by atoms with Crippen LogP contribution in [0, 0.1) is 6.92 Å². The number of rotatable bonds is 5. The SMILES string of the molecule is Cc1cc(=O)c(C(=O)N[C@H](CC(N)=O)C(=O)O)c[nH]1. The van der Waals surface area contributed by atoms with Gasteiger partial charge >= 0.3 is 5.97 Å². The van der Waals surface area contributed by atoms with Crippen LogP contribution in [0.2, 0.25) is 0 Å². The minimum Gasteiger partial charge on any atom is -0.480 e. The summed E-state index contributed by atoms with van der Waals surface area (Å²) in [7, 11) is 0. The van der Waals surface area contributed by atoms with Crippen LogP contribution in [0.3, 0.4) is 0 Å². The number of nitrogens with two attached hydrogens (primary N) is 1. The van der Waals surface area contributed by atoms with E-state index >= 15 is 0 Å². The van der Waals surface area contributed by atoms with Crippen molar-refractivity contribution in [2.75, 3.05) is 0 Å². The maximum atomic E-state index is 11.7. The van der Waals surface area contributed by atoms with E-state index in [1.165, 1.54) is 12.3 Å². The van der Waals surface area contributed by atoms with E-state index in [2.05, 4.69) is 10.3 Å². The Bertz CT molecular complexity index is 578. The number of hydrogen-bond acceptors (Lipinski definition) is 4. The monoisotopic (exact) mass is 267 g/mol. The number of carbonyl (C=O) groups is 3. The van der Waals surface area contributed by atoms with Crippen molar-refractivity contribution in [1.82, 2.24) is 10.3 Å². The lowest BCUT2D eigenvalue weighted by atomic mass is 10.1. The topological polar surface area (TPSA) is 142 Å². The van der Waals surface area contributed by atoms with Crippen molar-refractivity contribution in [2.45, 2.75) is 19.4 Å². The number of aromatic nitrogens is 1. The summed E-state index contributed by atoms with van der Waals surface area (Å²) < 4.78 is 0. The molecule has 0 spiro atoms. The number of primary amides is 1. The first-order chi connectivity index (χ1) is 8.81. The lowest BCUT2D eigenvalue weighted by Crippen LogP contribution is -2.44. The summed E-state index contributed by atoms with van der Waals surface area (Å²) in [5.41, 5.74) is 4.66. The van der Waals surface area contributed by atoms with E-state index in [4.69, 9.17) is 10.8 Å². The van der Waals surface area contributed by atoms with Gasteiger partial charge in [0, 0.05) is 18.0 Å². The Labute approximate surface area is 107 Å². The van der Waals surface area contributed by atoms with Gasteiger partial charge in [-0.25, -0.2) is 4.79 Å². The first-order valence-electron chi connectivity index (χ1n) is 5.32. The normalized spacial score (nSPS) is 11.6. The molecule has 1 rings (SSSR count). The van der Waals surface area contributed by atoms with E-state index in [0.717, 1.165) is 0 Å². The molecule has 0 aromatic carbocycles. The number of hydrogen-bond donors (Lipinski definition) is 4. The molecule has 0 bridgehead atoms. The average molecular weight is 267 g/mol. The fourth-order valence-corrected chi connectivity index (χ4v) is 1.39. The Morgan fingerprint density at radius 3 is 2.58 bits per heavy atom. The van der Waals surface area contributed by atoms with Crippen molar-refractivity contribution in [3.05, 3.63) is 33.7 Å². The summed E-state index contributed by atoms with van der Waals surface area (Å²) in [5, 5.41) is 10.9. The van der Waals surface area contributed by atoms with Crippen molar-refractivity contribution < 1.29 is 19.5 Å². The molecule has 8 heteroatoms. The largest absolute Gasteiger partial charge is 0.480 e. The highest BCUT2D eigenvalue weighted by molar-refractivity contribution is 5.97. The Hall–Kier alpha value is -2.64. The van der Waals surface area contributed by atoms with E-state index in [9.17, 15) is 19.2 Å². The van der Waals surface area contributed by atoms with Crippen molar-refractivity contribution in [2.24, 2.45) is 5.73 Å². The zero-order valence-electron chi connectivity index (χ0n) is 10.1. The van der Waals surface area contributed by atoms with Gasteiger partial charge in [-0.3, -0.25) is 14.4 Å². The van der Waals surface area contributed by atoms with Gasteiger partial charge < -0.3 is 21.1 Å². The van der Waals surface area contributed by atoms with Crippen LogP contribution in [0.1, 0.15) is 22.5 Å². The fourth-order valence-electron chi connectivity index (χ4n) is 1.39. The van der Waals surface area contributed by atoms with Crippen LogP contribution >= 0.6 is 0 Å². The number of aromatic amines is 1. The maximum Gasteiger partial charge on any atom is 0.326 e. The van der Waals surface area contributed by atoms with Gasteiger partial charge in [-0.05, 0) is 6.92 Å². The first kappa shape index (κ1) is 14.4. The predicted molar refractivity (Wildman–Crippen MR) is 64.5 cm³/mol. The van der Waals surface area contributed by atoms with Crippen molar-refractivity contribution in [1.29, 1.82) is 0 Å². The lowest BCUT2D eigenvalue weighted by Gasteiger charge is -2.12. The molecule has 0 aliphatic heterocycles. The van der Waals surface area contributed by atoms with Gasteiger partial charge in [-0.2, -0.15) is 0 Å². The summed E-state index contributed by atoms with van der Waals surface area (Å²) in [6.07, 6.45) is 0.626. The second kappa shape index (κ2) is 5.80. The second-order valence-corrected chi connectivity index (χ2v) is 3.93. The Morgan fingerprint density at radius 2 is 2.11 bits per heavy atom. The van der Waals surface area contributed by atoms with E-state index in [1.807, 2.05) is 0 Å². The predicted octanol–water partition coefficient (Wildman–Crippen LogP) is -1.26. The molecule has 0 aliphatic rings. The first-order valence-corrected chi connectivity index (χ1v) is 5.32. The molecule has 0 saturated carbocycles. The van der Waals surface area contributed by atoms with Crippen LogP contribution in [0.4, 0.5) is 0 Å². The molecule has 0 saturated heterocycles. The van der Waals surface area contributed by atoms with Gasteiger partial charge in [0.25, 0.3) is 5.91 Å². The van der Waals surface area contributed by atoms with Gasteiger partial charge in [-0.15, -0.1) is 0 Å². The summed E-state index contributed by atoms with van der Waals surface area (Å²) in [6.45, 7) is 1.64. The van der Waals surface area contributed by atoms with Gasteiger partial charge in [0.1, 0.15) is 11.6 Å². The van der Waals surface area contributed by atoms with Gasteiger partial charge in [-0.1, -0.05) is 0 Å². The molecule has 1 heterocycles. The molecule has 1 aromatic heterocycles. The van der Waals surface area contributed by atoms with Crippen LogP contribution < -0.4 is 16.5 Å². The molecular weight excluding hydrogens is 254 g/mol. The summed E-state index contributed by atoms with van der Waals surface area (Å²) in [5.74, 6) is -3.16. The quantitative estimate of drug-likeness (QED) is 0.526. The zero-order chi connectivity index (χ0) is 14.6. The molecule has 19 heavy (non-hydrogen) atoms. The number of carboxylic acids is 1. The number of H-pyrrole nitrogens is 1. The molecular formula is C11H13N3O5. The van der Waals surface area contributed by atoms with E-state index in [-0.39, 0.29) is 5.56 Å². The second-order valence-electron chi connectivity index (χ2n) is 3.93. The Morgan fingerprint density at radius 1 is 1.47 bits per heavy atom.